The highest BCUT2D eigenvalue weighted by Crippen LogP contribution is 2.04. The minimum atomic E-state index is -0.737. The molecule has 6 nitrogen and oxygen atoms in total. The van der Waals surface area contributed by atoms with Gasteiger partial charge in [-0.15, -0.1) is 0 Å². The summed E-state index contributed by atoms with van der Waals surface area (Å²) >= 11 is 0. The number of hydrogen-bond acceptors (Lipinski definition) is 4. The molecule has 0 aliphatic heterocycles. The Morgan fingerprint density at radius 1 is 1.13 bits per heavy atom. The van der Waals surface area contributed by atoms with Gasteiger partial charge in [-0.2, -0.15) is 0 Å². The summed E-state index contributed by atoms with van der Waals surface area (Å²) in [5, 5.41) is 14.5. The normalized spacial score (nSPS) is 13.3. The maximum atomic E-state index is 12.0. The van der Waals surface area contributed by atoms with Crippen LogP contribution in [0.15, 0.2) is 30.3 Å². The van der Waals surface area contributed by atoms with E-state index < -0.39 is 12.1 Å². The summed E-state index contributed by atoms with van der Waals surface area (Å²) in [6.45, 7) is 5.61. The first-order chi connectivity index (χ1) is 10.9. The molecule has 2 amide bonds. The Bertz CT molecular complexity index is 491. The van der Waals surface area contributed by atoms with Crippen LogP contribution in [0.3, 0.4) is 0 Å². The fourth-order valence-electron chi connectivity index (χ4n) is 2.08. The molecule has 1 rings (SSSR count). The van der Waals surface area contributed by atoms with Crippen LogP contribution in [-0.4, -0.2) is 35.8 Å². The van der Waals surface area contributed by atoms with Gasteiger partial charge < -0.3 is 20.5 Å². The van der Waals surface area contributed by atoms with E-state index in [1.807, 2.05) is 44.2 Å². The van der Waals surface area contributed by atoms with E-state index in [1.54, 1.807) is 6.92 Å². The van der Waals surface area contributed by atoms with Crippen LogP contribution >= 0.6 is 0 Å². The van der Waals surface area contributed by atoms with E-state index in [1.165, 1.54) is 0 Å². The molecule has 0 bridgehead atoms. The van der Waals surface area contributed by atoms with Crippen molar-refractivity contribution in [2.24, 2.45) is 5.92 Å². The molecule has 0 aliphatic carbocycles. The fourth-order valence-corrected chi connectivity index (χ4v) is 2.08. The zero-order chi connectivity index (χ0) is 17.2. The molecule has 1 aromatic carbocycles. The van der Waals surface area contributed by atoms with E-state index in [0.29, 0.717) is 12.3 Å². The Balaban J connectivity index is 2.37. The third kappa shape index (κ3) is 7.65. The highest BCUT2D eigenvalue weighted by Gasteiger charge is 2.20. The van der Waals surface area contributed by atoms with Gasteiger partial charge in [-0.05, 0) is 24.8 Å². The summed E-state index contributed by atoms with van der Waals surface area (Å²) in [5.41, 5.74) is 0.872. The Hall–Kier alpha value is -2.08. The van der Waals surface area contributed by atoms with Crippen LogP contribution in [0.2, 0.25) is 0 Å². The van der Waals surface area contributed by atoms with Crippen molar-refractivity contribution in [1.82, 2.24) is 10.6 Å². The average Bonchev–Trinajstić information content (AvgIpc) is 2.52. The summed E-state index contributed by atoms with van der Waals surface area (Å²) < 4.78 is 5.07. The number of ether oxygens (including phenoxy) is 1. The van der Waals surface area contributed by atoms with Crippen molar-refractivity contribution >= 4 is 12.0 Å². The second-order valence-corrected chi connectivity index (χ2v) is 5.95. The summed E-state index contributed by atoms with van der Waals surface area (Å²) in [6, 6.07) is 8.24. The van der Waals surface area contributed by atoms with Gasteiger partial charge in [0.15, 0.2) is 0 Å². The molecule has 23 heavy (non-hydrogen) atoms. The topological polar surface area (TPSA) is 87.7 Å². The third-order valence-corrected chi connectivity index (χ3v) is 3.26. The highest BCUT2D eigenvalue weighted by atomic mass is 16.5. The molecule has 128 valence electrons. The molecular weight excluding hydrogens is 296 g/mol. The van der Waals surface area contributed by atoms with Crippen LogP contribution in [0, 0.1) is 5.92 Å². The van der Waals surface area contributed by atoms with Gasteiger partial charge in [-0.3, -0.25) is 4.79 Å². The van der Waals surface area contributed by atoms with E-state index in [-0.39, 0.29) is 25.2 Å². The van der Waals surface area contributed by atoms with Crippen LogP contribution < -0.4 is 10.6 Å². The van der Waals surface area contributed by atoms with Gasteiger partial charge in [0, 0.05) is 0 Å². The molecule has 0 aliphatic rings. The zero-order valence-corrected chi connectivity index (χ0v) is 13.9. The van der Waals surface area contributed by atoms with Crippen molar-refractivity contribution < 1.29 is 19.4 Å². The Morgan fingerprint density at radius 3 is 2.35 bits per heavy atom. The van der Waals surface area contributed by atoms with E-state index in [4.69, 9.17) is 4.74 Å². The first-order valence-electron chi connectivity index (χ1n) is 7.80. The number of carbonyl (C=O) groups excluding carboxylic acids is 2. The second kappa shape index (κ2) is 9.84. The van der Waals surface area contributed by atoms with Crippen molar-refractivity contribution in [2.45, 2.75) is 45.9 Å². The second-order valence-electron chi connectivity index (χ2n) is 5.95. The molecular formula is C17H26N2O4. The number of carbonyl (C=O) groups is 2. The van der Waals surface area contributed by atoms with Crippen molar-refractivity contribution in [3.05, 3.63) is 35.9 Å². The van der Waals surface area contributed by atoms with Gasteiger partial charge in [-0.1, -0.05) is 44.2 Å². The number of amides is 2. The minimum Gasteiger partial charge on any atom is -0.445 e. The Kier molecular flexibility index (Phi) is 8.11. The molecule has 6 heteroatoms. The van der Waals surface area contributed by atoms with Gasteiger partial charge in [0.2, 0.25) is 5.91 Å². The Morgan fingerprint density at radius 2 is 1.78 bits per heavy atom. The minimum absolute atomic E-state index is 0.130. The number of benzene rings is 1. The fraction of sp³-hybridized carbons (Fsp3) is 0.529. The van der Waals surface area contributed by atoms with Crippen molar-refractivity contribution in [2.75, 3.05) is 6.61 Å². The maximum Gasteiger partial charge on any atom is 0.408 e. The molecule has 2 atom stereocenters. The maximum absolute atomic E-state index is 12.0. The Labute approximate surface area is 137 Å². The summed E-state index contributed by atoms with van der Waals surface area (Å²) in [4.78, 5) is 23.7. The van der Waals surface area contributed by atoms with E-state index in [0.717, 1.165) is 5.56 Å². The molecule has 0 radical (unpaired) electrons. The van der Waals surface area contributed by atoms with Crippen molar-refractivity contribution in [1.29, 1.82) is 0 Å². The van der Waals surface area contributed by atoms with Gasteiger partial charge >= 0.3 is 6.09 Å². The monoisotopic (exact) mass is 322 g/mol. The van der Waals surface area contributed by atoms with Crippen LogP contribution in [-0.2, 0) is 16.1 Å². The molecule has 0 spiro atoms. The number of alkyl carbamates (subject to hydrolysis) is 1. The van der Waals surface area contributed by atoms with Gasteiger partial charge in [0.25, 0.3) is 0 Å². The first kappa shape index (κ1) is 19.0. The summed E-state index contributed by atoms with van der Waals surface area (Å²) in [6.07, 6.45) is 0.0221. The number of aliphatic hydroxyl groups is 1. The molecule has 0 unspecified atom stereocenters. The third-order valence-electron chi connectivity index (χ3n) is 3.26. The lowest BCUT2D eigenvalue weighted by molar-refractivity contribution is -0.123. The molecule has 0 fully saturated rings. The molecule has 1 aromatic rings. The highest BCUT2D eigenvalue weighted by molar-refractivity contribution is 5.85. The molecule has 3 N–H and O–H groups in total. The van der Waals surface area contributed by atoms with E-state index in [9.17, 15) is 14.7 Å². The van der Waals surface area contributed by atoms with E-state index in [2.05, 4.69) is 10.6 Å². The smallest absolute Gasteiger partial charge is 0.408 e. The molecule has 0 saturated heterocycles. The molecule has 0 heterocycles. The van der Waals surface area contributed by atoms with Crippen LogP contribution in [0.25, 0.3) is 0 Å². The molecule has 0 aromatic heterocycles. The van der Waals surface area contributed by atoms with E-state index >= 15 is 0 Å². The number of hydrogen-bond donors (Lipinski definition) is 3. The van der Waals surface area contributed by atoms with Crippen LogP contribution in [0.1, 0.15) is 32.8 Å². The van der Waals surface area contributed by atoms with Gasteiger partial charge in [-0.25, -0.2) is 4.79 Å². The summed E-state index contributed by atoms with van der Waals surface area (Å²) in [5.74, 6) is 0.00733. The number of nitrogens with one attached hydrogen (secondary N) is 2. The lowest BCUT2D eigenvalue weighted by atomic mass is 10.0. The first-order valence-corrected chi connectivity index (χ1v) is 7.80. The quantitative estimate of drug-likeness (QED) is 0.681. The molecule has 0 saturated carbocycles. The van der Waals surface area contributed by atoms with Gasteiger partial charge in [0.05, 0.1) is 12.6 Å². The van der Waals surface area contributed by atoms with Crippen LogP contribution in [0.5, 0.6) is 0 Å². The number of rotatable bonds is 8. The van der Waals surface area contributed by atoms with Crippen LogP contribution in [0.4, 0.5) is 4.79 Å². The predicted molar refractivity (Wildman–Crippen MR) is 87.7 cm³/mol. The lowest BCUT2D eigenvalue weighted by Gasteiger charge is -2.21. The van der Waals surface area contributed by atoms with Crippen molar-refractivity contribution in [3.63, 3.8) is 0 Å². The van der Waals surface area contributed by atoms with Gasteiger partial charge in [0.1, 0.15) is 12.6 Å². The van der Waals surface area contributed by atoms with Crippen molar-refractivity contribution in [3.8, 4) is 0 Å². The zero-order valence-electron chi connectivity index (χ0n) is 13.9. The standard InChI is InChI=1S/C17H26N2O4/c1-12(2)9-15(10-20)19-16(21)13(3)18-17(22)23-11-14-7-5-4-6-8-14/h4-8,12-13,15,20H,9-11H2,1-3H3,(H,18,22)(H,19,21)/t13-,15-/m0/s1. The number of aliphatic hydroxyl groups excluding tert-OH is 1. The predicted octanol–water partition coefficient (Wildman–Crippen LogP) is 1.82. The SMILES string of the molecule is CC(C)C[C@@H](CO)NC(=O)[C@H](C)NC(=O)OCc1ccccc1. The largest absolute Gasteiger partial charge is 0.445 e. The average molecular weight is 322 g/mol. The summed E-state index contributed by atoms with van der Waals surface area (Å²) in [7, 11) is 0. The lowest BCUT2D eigenvalue weighted by Crippen LogP contribution is -2.49.